The van der Waals surface area contributed by atoms with Crippen LogP contribution in [0.25, 0.3) is 21.5 Å². The Bertz CT molecular complexity index is 982. The molecule has 1 radical (unpaired) electrons. The van der Waals surface area contributed by atoms with Crippen molar-refractivity contribution in [3.05, 3.63) is 83.9 Å². The second-order valence-corrected chi connectivity index (χ2v) is 9.42. The minimum Gasteiger partial charge on any atom is -0.148 e. The Morgan fingerprint density at radius 3 is 1.32 bits per heavy atom. The van der Waals surface area contributed by atoms with Gasteiger partial charge in [0.15, 0.2) is 0 Å². The van der Waals surface area contributed by atoms with E-state index in [1.807, 2.05) is 0 Å². The van der Waals surface area contributed by atoms with E-state index in [1.54, 1.807) is 11.1 Å². The monoisotopic (exact) mass is 453 g/mol. The smallest absolute Gasteiger partial charge is 0 e. The van der Waals surface area contributed by atoms with Crippen LogP contribution in [-0.2, 0) is 16.8 Å². The van der Waals surface area contributed by atoms with Crippen molar-refractivity contribution in [1.29, 1.82) is 0 Å². The summed E-state index contributed by atoms with van der Waals surface area (Å²) < 4.78 is 0. The van der Waals surface area contributed by atoms with Crippen LogP contribution in [0.1, 0.15) is 87.2 Å². The molecule has 2 saturated carbocycles. The van der Waals surface area contributed by atoms with E-state index in [4.69, 9.17) is 0 Å². The van der Waals surface area contributed by atoms with E-state index in [2.05, 4.69) is 72.8 Å². The topological polar surface area (TPSA) is 0 Å². The van der Waals surface area contributed by atoms with Gasteiger partial charge in [0, 0.05) is 16.8 Å². The van der Waals surface area contributed by atoms with Crippen molar-refractivity contribution in [3.8, 4) is 0 Å². The fourth-order valence-corrected chi connectivity index (χ4v) is 5.89. The average molecular weight is 454 g/mol. The molecular formula is C30H34Co-2. The molecule has 0 spiro atoms. The minimum atomic E-state index is 0. The molecule has 0 saturated heterocycles. The Morgan fingerprint density at radius 1 is 0.484 bits per heavy atom. The molecule has 0 heterocycles. The Hall–Kier alpha value is -1.83. The normalized spacial score (nSPS) is 17.8. The molecule has 31 heavy (non-hydrogen) atoms. The van der Waals surface area contributed by atoms with Crippen LogP contribution in [0, 0.1) is 0 Å². The first-order valence-corrected chi connectivity index (χ1v) is 12.2. The zero-order chi connectivity index (χ0) is 20.2. The molecule has 2 fully saturated rings. The van der Waals surface area contributed by atoms with Crippen molar-refractivity contribution in [3.63, 3.8) is 0 Å². The SMILES string of the molecule is [Co].c1cc[c-]2ccc(C3CCCCC3)c2c1.c1cc[c-]2ccc(C3CCCCC3)c2c1. The van der Waals surface area contributed by atoms with E-state index in [9.17, 15) is 0 Å². The van der Waals surface area contributed by atoms with E-state index >= 15 is 0 Å². The molecule has 0 N–H and O–H groups in total. The molecule has 0 aromatic heterocycles. The van der Waals surface area contributed by atoms with Gasteiger partial charge < -0.3 is 0 Å². The summed E-state index contributed by atoms with van der Waals surface area (Å²) in [7, 11) is 0. The van der Waals surface area contributed by atoms with Crippen LogP contribution in [0.5, 0.6) is 0 Å². The molecule has 6 rings (SSSR count). The first-order chi connectivity index (χ1) is 14.9. The molecule has 1 heteroatoms. The van der Waals surface area contributed by atoms with Crippen molar-refractivity contribution >= 4 is 21.5 Å². The van der Waals surface area contributed by atoms with Gasteiger partial charge in [-0.2, -0.15) is 0 Å². The first kappa shape index (κ1) is 22.4. The van der Waals surface area contributed by atoms with Crippen molar-refractivity contribution in [2.45, 2.75) is 76.0 Å². The van der Waals surface area contributed by atoms with Gasteiger partial charge in [-0.05, 0) is 11.8 Å². The number of rotatable bonds is 2. The Morgan fingerprint density at radius 2 is 0.903 bits per heavy atom. The maximum atomic E-state index is 2.35. The van der Waals surface area contributed by atoms with E-state index in [1.165, 1.54) is 85.8 Å². The van der Waals surface area contributed by atoms with Crippen molar-refractivity contribution in [2.75, 3.05) is 0 Å². The van der Waals surface area contributed by atoms with Gasteiger partial charge in [0.25, 0.3) is 0 Å². The van der Waals surface area contributed by atoms with Crippen LogP contribution < -0.4 is 0 Å². The molecule has 0 nitrogen and oxygen atoms in total. The van der Waals surface area contributed by atoms with E-state index in [0.29, 0.717) is 0 Å². The maximum absolute atomic E-state index is 2.35. The zero-order valence-corrected chi connectivity index (χ0v) is 19.5. The van der Waals surface area contributed by atoms with Crippen LogP contribution in [0.3, 0.4) is 0 Å². The summed E-state index contributed by atoms with van der Waals surface area (Å²) in [6, 6.07) is 26.8. The molecule has 0 bridgehead atoms. The van der Waals surface area contributed by atoms with Gasteiger partial charge in [-0.1, -0.05) is 75.0 Å². The summed E-state index contributed by atoms with van der Waals surface area (Å²) in [5.74, 6) is 1.66. The molecule has 0 atom stereocenters. The summed E-state index contributed by atoms with van der Waals surface area (Å²) in [6.07, 6.45) is 14.1. The van der Waals surface area contributed by atoms with E-state index in [-0.39, 0.29) is 16.8 Å². The van der Waals surface area contributed by atoms with Gasteiger partial charge in [-0.3, -0.25) is 0 Å². The third kappa shape index (κ3) is 4.99. The molecule has 0 unspecified atom stereocenters. The van der Waals surface area contributed by atoms with Gasteiger partial charge in [0.2, 0.25) is 0 Å². The third-order valence-corrected chi connectivity index (χ3v) is 7.52. The molecular weight excluding hydrogens is 419 g/mol. The fourth-order valence-electron chi connectivity index (χ4n) is 5.89. The standard InChI is InChI=1S/2C15H17.Co/c2*1-2-6-12(7-3-1)15-11-10-13-8-4-5-9-14(13)15;/h2*4-5,8-12H,1-3,6-7H2;/q2*-1;. The fraction of sp³-hybridized carbons (Fsp3) is 0.400. The van der Waals surface area contributed by atoms with Gasteiger partial charge >= 0.3 is 0 Å². The van der Waals surface area contributed by atoms with Gasteiger partial charge in [0.05, 0.1) is 0 Å². The summed E-state index contributed by atoms with van der Waals surface area (Å²) >= 11 is 0. The number of hydrogen-bond acceptors (Lipinski definition) is 0. The largest absolute Gasteiger partial charge is 0.148 e. The molecule has 2 aliphatic carbocycles. The van der Waals surface area contributed by atoms with Gasteiger partial charge in [0.1, 0.15) is 0 Å². The van der Waals surface area contributed by atoms with Crippen LogP contribution >= 0.6 is 0 Å². The van der Waals surface area contributed by atoms with Crippen molar-refractivity contribution in [2.24, 2.45) is 0 Å². The molecule has 4 aromatic rings. The summed E-state index contributed by atoms with van der Waals surface area (Å²) in [5, 5.41) is 5.81. The second-order valence-electron chi connectivity index (χ2n) is 9.42. The number of fused-ring (bicyclic) bond motifs is 2. The minimum absolute atomic E-state index is 0. The Kier molecular flexibility index (Phi) is 7.69. The zero-order valence-electron chi connectivity index (χ0n) is 18.5. The predicted octanol–water partition coefficient (Wildman–Crippen LogP) is 9.21. The van der Waals surface area contributed by atoms with Gasteiger partial charge in [-0.25, -0.2) is 0 Å². The van der Waals surface area contributed by atoms with E-state index < -0.39 is 0 Å². The number of benzene rings is 2. The third-order valence-electron chi connectivity index (χ3n) is 7.52. The number of hydrogen-bond donors (Lipinski definition) is 0. The Labute approximate surface area is 198 Å². The van der Waals surface area contributed by atoms with Crippen molar-refractivity contribution in [1.82, 2.24) is 0 Å². The van der Waals surface area contributed by atoms with Crippen LogP contribution in [0.4, 0.5) is 0 Å². The predicted molar refractivity (Wildman–Crippen MR) is 131 cm³/mol. The molecule has 4 aromatic carbocycles. The van der Waals surface area contributed by atoms with Crippen LogP contribution in [0.2, 0.25) is 0 Å². The molecule has 0 aliphatic heterocycles. The first-order valence-electron chi connectivity index (χ1n) is 12.2. The second kappa shape index (κ2) is 10.7. The quantitative estimate of drug-likeness (QED) is 0.265. The Balaban J connectivity index is 0.000000144. The van der Waals surface area contributed by atoms with Crippen LogP contribution in [-0.4, -0.2) is 0 Å². The van der Waals surface area contributed by atoms with Crippen molar-refractivity contribution < 1.29 is 16.8 Å². The molecule has 2 aliphatic rings. The molecule has 165 valence electrons. The van der Waals surface area contributed by atoms with E-state index in [0.717, 1.165) is 11.8 Å². The summed E-state index contributed by atoms with van der Waals surface area (Å²) in [4.78, 5) is 0. The average Bonchev–Trinajstić information content (AvgIpc) is 3.45. The molecule has 0 amide bonds. The van der Waals surface area contributed by atoms with Gasteiger partial charge in [-0.15, -0.1) is 94.7 Å². The summed E-state index contributed by atoms with van der Waals surface area (Å²) in [5.41, 5.74) is 3.20. The maximum Gasteiger partial charge on any atom is 0 e. The summed E-state index contributed by atoms with van der Waals surface area (Å²) in [6.45, 7) is 0. The van der Waals surface area contributed by atoms with Crippen LogP contribution in [0.15, 0.2) is 72.8 Å².